The Kier molecular flexibility index (Phi) is 6.18. The van der Waals surface area contributed by atoms with Crippen LogP contribution in [0.15, 0.2) is 24.3 Å². The van der Waals surface area contributed by atoms with Gasteiger partial charge in [0.05, 0.1) is 6.54 Å². The maximum absolute atomic E-state index is 11.9. The predicted molar refractivity (Wildman–Crippen MR) is 75.5 cm³/mol. The van der Waals surface area contributed by atoms with E-state index in [4.69, 9.17) is 9.84 Å². The normalized spacial score (nSPS) is 13.6. The van der Waals surface area contributed by atoms with Crippen molar-refractivity contribution in [3.05, 3.63) is 35.4 Å². The molecule has 0 spiro atoms. The van der Waals surface area contributed by atoms with E-state index in [-0.39, 0.29) is 18.4 Å². The van der Waals surface area contributed by atoms with Crippen LogP contribution in [0.25, 0.3) is 0 Å². The van der Waals surface area contributed by atoms with Crippen molar-refractivity contribution in [1.82, 2.24) is 5.32 Å². The number of aryl methyl sites for hydroxylation is 1. The highest BCUT2D eigenvalue weighted by atomic mass is 16.5. The molecular formula is C15H21NO4. The Balaban J connectivity index is 2.46. The molecule has 0 aliphatic heterocycles. The van der Waals surface area contributed by atoms with Gasteiger partial charge in [0, 0.05) is 13.0 Å². The van der Waals surface area contributed by atoms with Gasteiger partial charge in [-0.1, -0.05) is 36.8 Å². The van der Waals surface area contributed by atoms with Crippen LogP contribution in [0, 0.1) is 12.8 Å². The molecule has 0 bridgehead atoms. The zero-order valence-electron chi connectivity index (χ0n) is 12.1. The summed E-state index contributed by atoms with van der Waals surface area (Å²) >= 11 is 0. The van der Waals surface area contributed by atoms with E-state index in [9.17, 15) is 9.59 Å². The molecule has 0 radical (unpaired) electrons. The summed E-state index contributed by atoms with van der Waals surface area (Å²) < 4.78 is 4.76. The summed E-state index contributed by atoms with van der Waals surface area (Å²) in [5, 5.41) is 11.4. The van der Waals surface area contributed by atoms with Crippen LogP contribution in [0.1, 0.15) is 18.1 Å². The topological polar surface area (TPSA) is 75.6 Å². The van der Waals surface area contributed by atoms with Crippen molar-refractivity contribution < 1.29 is 19.4 Å². The first-order chi connectivity index (χ1) is 9.43. The van der Waals surface area contributed by atoms with E-state index < -0.39 is 12.1 Å². The zero-order valence-corrected chi connectivity index (χ0v) is 12.1. The van der Waals surface area contributed by atoms with Gasteiger partial charge in [-0.25, -0.2) is 4.79 Å². The number of nitrogens with one attached hydrogen (secondary N) is 1. The molecule has 0 fully saturated rings. The van der Waals surface area contributed by atoms with E-state index in [1.54, 1.807) is 0 Å². The number of ether oxygens (including phenoxy) is 1. The lowest BCUT2D eigenvalue weighted by Crippen LogP contribution is -2.40. The van der Waals surface area contributed by atoms with E-state index in [0.29, 0.717) is 6.42 Å². The minimum absolute atomic E-state index is 0.0249. The van der Waals surface area contributed by atoms with Crippen LogP contribution >= 0.6 is 0 Å². The van der Waals surface area contributed by atoms with Gasteiger partial charge in [-0.2, -0.15) is 0 Å². The molecule has 2 atom stereocenters. The number of methoxy groups -OCH3 is 1. The Hall–Kier alpha value is -1.88. The number of rotatable bonds is 7. The molecule has 0 aliphatic carbocycles. The van der Waals surface area contributed by atoms with Gasteiger partial charge in [-0.05, 0) is 18.9 Å². The predicted octanol–water partition coefficient (Wildman–Crippen LogP) is 1.39. The summed E-state index contributed by atoms with van der Waals surface area (Å²) in [6.07, 6.45) is -0.387. The number of carboxylic acid groups (broad SMARTS) is 1. The molecule has 2 N–H and O–H groups in total. The summed E-state index contributed by atoms with van der Waals surface area (Å²) in [4.78, 5) is 22.7. The summed E-state index contributed by atoms with van der Waals surface area (Å²) in [5.74, 6) is -1.48. The molecule has 1 amide bonds. The van der Waals surface area contributed by atoms with Crippen LogP contribution in [0.3, 0.4) is 0 Å². The highest BCUT2D eigenvalue weighted by Gasteiger charge is 2.19. The van der Waals surface area contributed by atoms with Gasteiger partial charge < -0.3 is 15.2 Å². The first-order valence-electron chi connectivity index (χ1n) is 6.53. The summed E-state index contributed by atoms with van der Waals surface area (Å²) in [6, 6.07) is 8.00. The second-order valence-corrected chi connectivity index (χ2v) is 4.90. The van der Waals surface area contributed by atoms with E-state index in [0.717, 1.165) is 5.56 Å². The molecule has 0 saturated carbocycles. The van der Waals surface area contributed by atoms with Crippen LogP contribution in [0.4, 0.5) is 0 Å². The third-order valence-corrected chi connectivity index (χ3v) is 3.13. The smallest absolute Gasteiger partial charge is 0.334 e. The molecule has 0 heterocycles. The lowest BCUT2D eigenvalue weighted by atomic mass is 9.99. The molecule has 5 nitrogen and oxygen atoms in total. The second-order valence-electron chi connectivity index (χ2n) is 4.90. The number of carboxylic acids is 1. The molecule has 1 aromatic rings. The van der Waals surface area contributed by atoms with E-state index in [1.807, 2.05) is 38.1 Å². The number of carbonyl (C=O) groups excluding carboxylic acids is 1. The molecular weight excluding hydrogens is 258 g/mol. The Morgan fingerprint density at radius 2 is 1.90 bits per heavy atom. The summed E-state index contributed by atoms with van der Waals surface area (Å²) in [5.41, 5.74) is 2.26. The van der Waals surface area contributed by atoms with Gasteiger partial charge in [-0.3, -0.25) is 4.79 Å². The third-order valence-electron chi connectivity index (χ3n) is 3.13. The fourth-order valence-electron chi connectivity index (χ4n) is 1.81. The minimum Gasteiger partial charge on any atom is -0.479 e. The SMILES string of the molecule is COC(CNC(=O)C(C)Cc1ccc(C)cc1)C(=O)O. The lowest BCUT2D eigenvalue weighted by molar-refractivity contribution is -0.148. The van der Waals surface area contributed by atoms with Gasteiger partial charge in [-0.15, -0.1) is 0 Å². The summed E-state index contributed by atoms with van der Waals surface area (Å²) in [7, 11) is 1.31. The Morgan fingerprint density at radius 1 is 1.30 bits per heavy atom. The first kappa shape index (κ1) is 16.2. The van der Waals surface area contributed by atoms with Crippen LogP contribution < -0.4 is 5.32 Å². The monoisotopic (exact) mass is 279 g/mol. The van der Waals surface area contributed by atoms with Crippen molar-refractivity contribution >= 4 is 11.9 Å². The van der Waals surface area contributed by atoms with Gasteiger partial charge >= 0.3 is 5.97 Å². The molecule has 110 valence electrons. The standard InChI is InChI=1S/C15H21NO4/c1-10-4-6-12(7-5-10)8-11(2)14(17)16-9-13(20-3)15(18)19/h4-7,11,13H,8-9H2,1-3H3,(H,16,17)(H,18,19). The molecule has 20 heavy (non-hydrogen) atoms. The minimum atomic E-state index is -1.08. The number of hydrogen-bond donors (Lipinski definition) is 2. The average molecular weight is 279 g/mol. The van der Waals surface area contributed by atoms with Crippen LogP contribution in [-0.2, 0) is 20.7 Å². The third kappa shape index (κ3) is 5.01. The fraction of sp³-hybridized carbons (Fsp3) is 0.467. The second kappa shape index (κ2) is 7.65. The van der Waals surface area contributed by atoms with Crippen LogP contribution in [0.5, 0.6) is 0 Å². The van der Waals surface area contributed by atoms with Gasteiger partial charge in [0.1, 0.15) is 0 Å². The molecule has 2 unspecified atom stereocenters. The molecule has 0 saturated heterocycles. The Bertz CT molecular complexity index is 455. The Morgan fingerprint density at radius 3 is 2.40 bits per heavy atom. The van der Waals surface area contributed by atoms with E-state index >= 15 is 0 Å². The van der Waals surface area contributed by atoms with Gasteiger partial charge in [0.15, 0.2) is 6.10 Å². The lowest BCUT2D eigenvalue weighted by Gasteiger charge is -2.15. The van der Waals surface area contributed by atoms with Gasteiger partial charge in [0.2, 0.25) is 5.91 Å². The number of benzene rings is 1. The van der Waals surface area contributed by atoms with Crippen molar-refractivity contribution in [3.8, 4) is 0 Å². The average Bonchev–Trinajstić information content (AvgIpc) is 2.41. The van der Waals surface area contributed by atoms with Gasteiger partial charge in [0.25, 0.3) is 0 Å². The van der Waals surface area contributed by atoms with E-state index in [1.165, 1.54) is 12.7 Å². The highest BCUT2D eigenvalue weighted by molar-refractivity contribution is 5.80. The van der Waals surface area contributed by atoms with E-state index in [2.05, 4.69) is 5.32 Å². The van der Waals surface area contributed by atoms with Crippen molar-refractivity contribution in [2.24, 2.45) is 5.92 Å². The van der Waals surface area contributed by atoms with Crippen molar-refractivity contribution in [2.75, 3.05) is 13.7 Å². The van der Waals surface area contributed by atoms with Crippen molar-refractivity contribution in [3.63, 3.8) is 0 Å². The number of hydrogen-bond acceptors (Lipinski definition) is 3. The van der Waals surface area contributed by atoms with Crippen molar-refractivity contribution in [1.29, 1.82) is 0 Å². The molecule has 5 heteroatoms. The molecule has 1 rings (SSSR count). The number of aliphatic carboxylic acids is 1. The quantitative estimate of drug-likeness (QED) is 0.791. The maximum atomic E-state index is 11.9. The van der Waals surface area contributed by atoms with Crippen molar-refractivity contribution in [2.45, 2.75) is 26.4 Å². The maximum Gasteiger partial charge on any atom is 0.334 e. The molecule has 0 aliphatic rings. The molecule has 1 aromatic carbocycles. The molecule has 0 aromatic heterocycles. The number of amides is 1. The summed E-state index contributed by atoms with van der Waals surface area (Å²) in [6.45, 7) is 3.80. The first-order valence-corrected chi connectivity index (χ1v) is 6.53. The largest absolute Gasteiger partial charge is 0.479 e. The van der Waals surface area contributed by atoms with Crippen LogP contribution in [-0.4, -0.2) is 36.7 Å². The van der Waals surface area contributed by atoms with Crippen LogP contribution in [0.2, 0.25) is 0 Å². The highest BCUT2D eigenvalue weighted by Crippen LogP contribution is 2.10. The Labute approximate surface area is 118 Å². The fourth-order valence-corrected chi connectivity index (χ4v) is 1.81. The zero-order chi connectivity index (χ0) is 15.1. The number of carbonyl (C=O) groups is 2.